The minimum atomic E-state index is -0.284. The first kappa shape index (κ1) is 17.7. The minimum Gasteiger partial charge on any atom is -0.385 e. The number of rotatable bonds is 8. The van der Waals surface area contributed by atoms with Crippen LogP contribution in [0.25, 0.3) is 5.69 Å². The van der Waals surface area contributed by atoms with Gasteiger partial charge in [0.1, 0.15) is 5.82 Å². The number of ether oxygens (including phenoxy) is 1. The molecule has 0 fully saturated rings. The van der Waals surface area contributed by atoms with Gasteiger partial charge in [0.25, 0.3) is 5.91 Å². The molecule has 0 atom stereocenters. The van der Waals surface area contributed by atoms with E-state index in [9.17, 15) is 9.59 Å². The summed E-state index contributed by atoms with van der Waals surface area (Å²) in [4.78, 5) is 23.9. The van der Waals surface area contributed by atoms with Crippen molar-refractivity contribution in [3.05, 3.63) is 42.1 Å². The highest BCUT2D eigenvalue weighted by molar-refractivity contribution is 5.95. The van der Waals surface area contributed by atoms with E-state index in [0.717, 1.165) is 12.1 Å². The summed E-state index contributed by atoms with van der Waals surface area (Å²) in [6, 6.07) is 10.9. The second kappa shape index (κ2) is 8.83. The van der Waals surface area contributed by atoms with Gasteiger partial charge in [0.2, 0.25) is 5.91 Å². The van der Waals surface area contributed by atoms with E-state index in [0.29, 0.717) is 25.4 Å². The molecule has 24 heavy (non-hydrogen) atoms. The van der Waals surface area contributed by atoms with Crippen molar-refractivity contribution < 1.29 is 14.3 Å². The molecule has 2 N–H and O–H groups in total. The number of carbonyl (C=O) groups excluding carboxylic acids is 2. The Morgan fingerprint density at radius 3 is 2.67 bits per heavy atom. The van der Waals surface area contributed by atoms with Crippen LogP contribution >= 0.6 is 0 Å². The van der Waals surface area contributed by atoms with Crippen molar-refractivity contribution in [2.24, 2.45) is 0 Å². The molecule has 2 rings (SSSR count). The predicted molar refractivity (Wildman–Crippen MR) is 91.3 cm³/mol. The van der Waals surface area contributed by atoms with Gasteiger partial charge in [-0.1, -0.05) is 25.1 Å². The SMILES string of the molecule is CCC(=O)Nc1cc(C(=O)NCCCOC)nn1-c1ccccc1. The van der Waals surface area contributed by atoms with Gasteiger partial charge < -0.3 is 15.4 Å². The van der Waals surface area contributed by atoms with Crippen molar-refractivity contribution >= 4 is 17.6 Å². The topological polar surface area (TPSA) is 85.2 Å². The normalized spacial score (nSPS) is 10.4. The van der Waals surface area contributed by atoms with Gasteiger partial charge in [0.05, 0.1) is 5.69 Å². The molecule has 0 spiro atoms. The third-order valence-electron chi connectivity index (χ3n) is 3.34. The van der Waals surface area contributed by atoms with Crippen LogP contribution in [0.5, 0.6) is 0 Å². The van der Waals surface area contributed by atoms with Crippen molar-refractivity contribution in [1.82, 2.24) is 15.1 Å². The van der Waals surface area contributed by atoms with Crippen LogP contribution in [0.15, 0.2) is 36.4 Å². The van der Waals surface area contributed by atoms with Gasteiger partial charge in [-0.05, 0) is 18.6 Å². The van der Waals surface area contributed by atoms with Crippen LogP contribution in [0.1, 0.15) is 30.3 Å². The number of anilines is 1. The molecule has 0 unspecified atom stereocenters. The molecular formula is C17H22N4O3. The fraction of sp³-hybridized carbons (Fsp3) is 0.353. The maximum absolute atomic E-state index is 12.2. The summed E-state index contributed by atoms with van der Waals surface area (Å²) in [6.45, 7) is 2.85. The van der Waals surface area contributed by atoms with Crippen LogP contribution < -0.4 is 10.6 Å². The fourth-order valence-corrected chi connectivity index (χ4v) is 2.09. The first-order valence-electron chi connectivity index (χ1n) is 7.88. The Morgan fingerprint density at radius 1 is 1.25 bits per heavy atom. The van der Waals surface area contributed by atoms with Gasteiger partial charge in [-0.15, -0.1) is 0 Å². The second-order valence-electron chi connectivity index (χ2n) is 5.17. The summed E-state index contributed by atoms with van der Waals surface area (Å²) in [6.07, 6.45) is 1.07. The molecule has 0 aliphatic heterocycles. The Hall–Kier alpha value is -2.67. The van der Waals surface area contributed by atoms with Crippen molar-refractivity contribution in [1.29, 1.82) is 0 Å². The lowest BCUT2D eigenvalue weighted by molar-refractivity contribution is -0.115. The Morgan fingerprint density at radius 2 is 2.00 bits per heavy atom. The second-order valence-corrected chi connectivity index (χ2v) is 5.17. The van der Waals surface area contributed by atoms with E-state index in [2.05, 4.69) is 15.7 Å². The standard InChI is InChI=1S/C17H22N4O3/c1-3-16(22)19-15-12-14(17(23)18-10-7-11-24-2)20-21(15)13-8-5-4-6-9-13/h4-6,8-9,12H,3,7,10-11H2,1-2H3,(H,18,23)(H,19,22). The van der Waals surface area contributed by atoms with E-state index in [1.807, 2.05) is 30.3 Å². The number of nitrogens with one attached hydrogen (secondary N) is 2. The Labute approximate surface area is 141 Å². The third-order valence-corrected chi connectivity index (χ3v) is 3.34. The number of hydrogen-bond acceptors (Lipinski definition) is 4. The highest BCUT2D eigenvalue weighted by atomic mass is 16.5. The quantitative estimate of drug-likeness (QED) is 0.725. The molecule has 7 nitrogen and oxygen atoms in total. The molecule has 0 bridgehead atoms. The number of amides is 2. The minimum absolute atomic E-state index is 0.140. The summed E-state index contributed by atoms with van der Waals surface area (Å²) >= 11 is 0. The van der Waals surface area contributed by atoms with E-state index in [4.69, 9.17) is 4.74 Å². The van der Waals surface area contributed by atoms with Crippen LogP contribution in [0.2, 0.25) is 0 Å². The van der Waals surface area contributed by atoms with E-state index < -0.39 is 0 Å². The molecule has 2 amide bonds. The fourth-order valence-electron chi connectivity index (χ4n) is 2.09. The molecule has 0 saturated heterocycles. The Balaban J connectivity index is 2.21. The zero-order valence-electron chi connectivity index (χ0n) is 13.9. The summed E-state index contributed by atoms with van der Waals surface area (Å²) in [7, 11) is 1.62. The van der Waals surface area contributed by atoms with Crippen molar-refractivity contribution in [2.45, 2.75) is 19.8 Å². The van der Waals surface area contributed by atoms with Crippen LogP contribution in [0.4, 0.5) is 5.82 Å². The summed E-state index contributed by atoms with van der Waals surface area (Å²) in [5.41, 5.74) is 1.02. The number of hydrogen-bond donors (Lipinski definition) is 2. The van der Waals surface area contributed by atoms with Gasteiger partial charge in [0.15, 0.2) is 5.69 Å². The molecule has 128 valence electrons. The Bertz CT molecular complexity index is 682. The molecule has 2 aromatic rings. The molecule has 1 heterocycles. The van der Waals surface area contributed by atoms with Crippen LogP contribution in [0.3, 0.4) is 0 Å². The number of methoxy groups -OCH3 is 1. The first-order chi connectivity index (χ1) is 11.7. The van der Waals surface area contributed by atoms with Crippen LogP contribution in [-0.4, -0.2) is 41.9 Å². The van der Waals surface area contributed by atoms with Crippen molar-refractivity contribution in [3.8, 4) is 5.69 Å². The monoisotopic (exact) mass is 330 g/mol. The average molecular weight is 330 g/mol. The van der Waals surface area contributed by atoms with E-state index in [1.54, 1.807) is 24.8 Å². The smallest absolute Gasteiger partial charge is 0.271 e. The van der Waals surface area contributed by atoms with E-state index >= 15 is 0 Å². The summed E-state index contributed by atoms with van der Waals surface area (Å²) < 4.78 is 6.50. The maximum Gasteiger partial charge on any atom is 0.271 e. The molecular weight excluding hydrogens is 308 g/mol. The number of benzene rings is 1. The highest BCUT2D eigenvalue weighted by Gasteiger charge is 2.16. The number of aromatic nitrogens is 2. The molecule has 0 aliphatic carbocycles. The predicted octanol–water partition coefficient (Wildman–Crippen LogP) is 1.99. The van der Waals surface area contributed by atoms with E-state index in [-0.39, 0.29) is 17.5 Å². The summed E-state index contributed by atoms with van der Waals surface area (Å²) in [5.74, 6) is 0.0435. The Kier molecular flexibility index (Phi) is 6.51. The largest absolute Gasteiger partial charge is 0.385 e. The molecule has 7 heteroatoms. The maximum atomic E-state index is 12.2. The third kappa shape index (κ3) is 4.66. The van der Waals surface area contributed by atoms with Gasteiger partial charge in [0, 0.05) is 32.7 Å². The van der Waals surface area contributed by atoms with E-state index in [1.165, 1.54) is 0 Å². The number of nitrogens with zero attached hydrogens (tertiary/aromatic N) is 2. The highest BCUT2D eigenvalue weighted by Crippen LogP contribution is 2.17. The molecule has 0 aliphatic rings. The van der Waals surface area contributed by atoms with Crippen molar-refractivity contribution in [3.63, 3.8) is 0 Å². The average Bonchev–Trinajstić information content (AvgIpc) is 3.03. The van der Waals surface area contributed by atoms with Gasteiger partial charge >= 0.3 is 0 Å². The lowest BCUT2D eigenvalue weighted by Crippen LogP contribution is -2.25. The van der Waals surface area contributed by atoms with Gasteiger partial charge in [-0.25, -0.2) is 4.68 Å². The van der Waals surface area contributed by atoms with Gasteiger partial charge in [-0.3, -0.25) is 9.59 Å². The molecule has 0 saturated carbocycles. The number of carbonyl (C=O) groups is 2. The molecule has 0 radical (unpaired) electrons. The number of para-hydroxylation sites is 1. The lowest BCUT2D eigenvalue weighted by atomic mass is 10.3. The zero-order valence-corrected chi connectivity index (χ0v) is 13.9. The van der Waals surface area contributed by atoms with Crippen LogP contribution in [0, 0.1) is 0 Å². The summed E-state index contributed by atoms with van der Waals surface area (Å²) in [5, 5.41) is 9.88. The zero-order chi connectivity index (χ0) is 17.4. The van der Waals surface area contributed by atoms with Crippen LogP contribution in [-0.2, 0) is 9.53 Å². The van der Waals surface area contributed by atoms with Crippen molar-refractivity contribution in [2.75, 3.05) is 25.6 Å². The first-order valence-corrected chi connectivity index (χ1v) is 7.88. The molecule has 1 aromatic carbocycles. The van der Waals surface area contributed by atoms with Gasteiger partial charge in [-0.2, -0.15) is 5.10 Å². The molecule has 1 aromatic heterocycles. The lowest BCUT2D eigenvalue weighted by Gasteiger charge is -2.07.